The molecule has 1 fully saturated rings. The molecule has 30 heavy (non-hydrogen) atoms. The van der Waals surface area contributed by atoms with Crippen LogP contribution in [0, 0.1) is 6.92 Å². The first kappa shape index (κ1) is 19.9. The zero-order valence-electron chi connectivity index (χ0n) is 16.1. The highest BCUT2D eigenvalue weighted by Gasteiger charge is 2.35. The molecule has 2 heterocycles. The molecule has 0 aliphatic carbocycles. The fraction of sp³-hybridized carbons (Fsp3) is 0.286. The van der Waals surface area contributed by atoms with Gasteiger partial charge in [0.15, 0.2) is 0 Å². The zero-order chi connectivity index (χ0) is 21.3. The summed E-state index contributed by atoms with van der Waals surface area (Å²) in [5, 5.41) is 6.56. The lowest BCUT2D eigenvalue weighted by molar-refractivity contribution is -0.137. The average Bonchev–Trinajstić information content (AvgIpc) is 3.37. The number of aryl methyl sites for hydroxylation is 1. The maximum Gasteiger partial charge on any atom is 0.416 e. The molecule has 1 aliphatic heterocycles. The van der Waals surface area contributed by atoms with Crippen LogP contribution in [0.2, 0.25) is 0 Å². The van der Waals surface area contributed by atoms with Gasteiger partial charge in [0.2, 0.25) is 11.7 Å². The third-order valence-electron chi connectivity index (χ3n) is 4.96. The van der Waals surface area contributed by atoms with Crippen molar-refractivity contribution in [2.24, 2.45) is 0 Å². The van der Waals surface area contributed by atoms with Gasteiger partial charge in [-0.2, -0.15) is 18.2 Å². The maximum atomic E-state index is 12.9. The number of hydrogen-bond acceptors (Lipinski definition) is 4. The summed E-state index contributed by atoms with van der Waals surface area (Å²) in [4.78, 5) is 18.7. The molecular formula is C21H19F3N4O2. The van der Waals surface area contributed by atoms with Crippen molar-refractivity contribution >= 4 is 11.7 Å². The van der Waals surface area contributed by atoms with Crippen LogP contribution in [0.4, 0.5) is 23.7 Å². The van der Waals surface area contributed by atoms with E-state index in [1.165, 1.54) is 17.0 Å². The minimum atomic E-state index is -4.48. The highest BCUT2D eigenvalue weighted by molar-refractivity contribution is 5.89. The SMILES string of the molecule is Cc1cccc(-c2noc(C3CCCN3C(=O)Nc3cccc(C(F)(F)F)c3)n2)c1. The van der Waals surface area contributed by atoms with Crippen molar-refractivity contribution in [1.82, 2.24) is 15.0 Å². The van der Waals surface area contributed by atoms with E-state index >= 15 is 0 Å². The molecule has 156 valence electrons. The summed E-state index contributed by atoms with van der Waals surface area (Å²) in [6.45, 7) is 2.40. The fourth-order valence-corrected chi connectivity index (χ4v) is 3.51. The van der Waals surface area contributed by atoms with E-state index < -0.39 is 23.8 Å². The average molecular weight is 416 g/mol. The van der Waals surface area contributed by atoms with Gasteiger partial charge in [-0.3, -0.25) is 0 Å². The Balaban J connectivity index is 1.51. The fourth-order valence-electron chi connectivity index (χ4n) is 3.51. The van der Waals surface area contributed by atoms with Crippen molar-refractivity contribution in [3.63, 3.8) is 0 Å². The van der Waals surface area contributed by atoms with Crippen molar-refractivity contribution in [2.75, 3.05) is 11.9 Å². The number of nitrogens with one attached hydrogen (secondary N) is 1. The first-order valence-electron chi connectivity index (χ1n) is 9.47. The van der Waals surface area contributed by atoms with E-state index in [-0.39, 0.29) is 5.69 Å². The molecule has 0 spiro atoms. The Morgan fingerprint density at radius 3 is 2.77 bits per heavy atom. The van der Waals surface area contributed by atoms with E-state index in [4.69, 9.17) is 4.52 Å². The molecule has 6 nitrogen and oxygen atoms in total. The number of carbonyl (C=O) groups excluding carboxylic acids is 1. The molecule has 1 unspecified atom stereocenters. The van der Waals surface area contributed by atoms with E-state index in [0.29, 0.717) is 24.7 Å². The number of carbonyl (C=O) groups is 1. The van der Waals surface area contributed by atoms with E-state index in [9.17, 15) is 18.0 Å². The normalized spacial score (nSPS) is 16.7. The van der Waals surface area contributed by atoms with Gasteiger partial charge in [0.25, 0.3) is 0 Å². The Bertz CT molecular complexity index is 1060. The van der Waals surface area contributed by atoms with Gasteiger partial charge >= 0.3 is 12.2 Å². The van der Waals surface area contributed by atoms with E-state index in [0.717, 1.165) is 29.7 Å². The number of aromatic nitrogens is 2. The molecule has 1 saturated heterocycles. The van der Waals surface area contributed by atoms with Gasteiger partial charge in [0.05, 0.1) is 5.56 Å². The number of anilines is 1. The van der Waals surface area contributed by atoms with Crippen molar-refractivity contribution < 1.29 is 22.5 Å². The van der Waals surface area contributed by atoms with Crippen molar-refractivity contribution in [3.05, 3.63) is 65.5 Å². The third-order valence-corrected chi connectivity index (χ3v) is 4.96. The molecule has 0 bridgehead atoms. The Morgan fingerprint density at radius 1 is 1.20 bits per heavy atom. The molecule has 0 saturated carbocycles. The number of urea groups is 1. The number of hydrogen-bond donors (Lipinski definition) is 1. The number of likely N-dealkylation sites (tertiary alicyclic amines) is 1. The van der Waals surface area contributed by atoms with Crippen LogP contribution in [-0.2, 0) is 6.18 Å². The van der Waals surface area contributed by atoms with Gasteiger partial charge in [0, 0.05) is 17.8 Å². The summed E-state index contributed by atoms with van der Waals surface area (Å²) in [5.41, 5.74) is 1.12. The van der Waals surface area contributed by atoms with Gasteiger partial charge in [-0.1, -0.05) is 35.0 Å². The first-order valence-corrected chi connectivity index (χ1v) is 9.47. The second-order valence-electron chi connectivity index (χ2n) is 7.19. The van der Waals surface area contributed by atoms with Crippen molar-refractivity contribution in [2.45, 2.75) is 32.0 Å². The van der Waals surface area contributed by atoms with Crippen LogP contribution < -0.4 is 5.32 Å². The van der Waals surface area contributed by atoms with Crippen LogP contribution in [0.15, 0.2) is 53.1 Å². The van der Waals surface area contributed by atoms with Crippen LogP contribution in [0.1, 0.15) is 35.9 Å². The Morgan fingerprint density at radius 2 is 2.00 bits per heavy atom. The van der Waals surface area contributed by atoms with E-state index in [2.05, 4.69) is 15.5 Å². The standard InChI is InChI=1S/C21H19F3N4O2/c1-13-5-2-6-14(11-13)18-26-19(30-27-18)17-9-4-10-28(17)20(29)25-16-8-3-7-15(12-16)21(22,23)24/h2-3,5-8,11-12,17H,4,9-10H2,1H3,(H,25,29). The largest absolute Gasteiger partial charge is 0.416 e. The Kier molecular flexibility index (Phi) is 5.19. The summed E-state index contributed by atoms with van der Waals surface area (Å²) >= 11 is 0. The number of alkyl halides is 3. The van der Waals surface area contributed by atoms with Crippen molar-refractivity contribution in [1.29, 1.82) is 0 Å². The monoisotopic (exact) mass is 416 g/mol. The molecule has 2 aromatic carbocycles. The zero-order valence-corrected chi connectivity index (χ0v) is 16.1. The van der Waals surface area contributed by atoms with Crippen LogP contribution in [0.25, 0.3) is 11.4 Å². The van der Waals surface area contributed by atoms with Crippen molar-refractivity contribution in [3.8, 4) is 11.4 Å². The number of rotatable bonds is 3. The van der Waals surface area contributed by atoms with Gasteiger partial charge in [0.1, 0.15) is 6.04 Å². The van der Waals surface area contributed by atoms with Gasteiger partial charge in [-0.05, 0) is 44.0 Å². The minimum absolute atomic E-state index is 0.0754. The molecule has 4 rings (SSSR count). The summed E-state index contributed by atoms with van der Waals surface area (Å²) in [6.07, 6.45) is -3.12. The van der Waals surface area contributed by atoms with Gasteiger partial charge < -0.3 is 14.7 Å². The Labute approximate surface area is 170 Å². The quantitative estimate of drug-likeness (QED) is 0.618. The first-order chi connectivity index (χ1) is 14.3. The highest BCUT2D eigenvalue weighted by Crippen LogP contribution is 2.34. The Hall–Kier alpha value is -3.36. The van der Waals surface area contributed by atoms with Gasteiger partial charge in [-0.25, -0.2) is 4.79 Å². The predicted octanol–water partition coefficient (Wildman–Crippen LogP) is 5.43. The van der Waals surface area contributed by atoms with E-state index in [1.807, 2.05) is 31.2 Å². The number of nitrogens with zero attached hydrogens (tertiary/aromatic N) is 3. The second-order valence-corrected chi connectivity index (χ2v) is 7.19. The molecule has 1 aromatic heterocycles. The number of halogens is 3. The lowest BCUT2D eigenvalue weighted by atomic mass is 10.1. The van der Waals surface area contributed by atoms with Crippen LogP contribution in [0.5, 0.6) is 0 Å². The molecule has 1 aliphatic rings. The highest BCUT2D eigenvalue weighted by atomic mass is 19.4. The van der Waals surface area contributed by atoms with Crippen LogP contribution >= 0.6 is 0 Å². The minimum Gasteiger partial charge on any atom is -0.337 e. The molecule has 9 heteroatoms. The maximum absolute atomic E-state index is 12.9. The topological polar surface area (TPSA) is 71.3 Å². The summed E-state index contributed by atoms with van der Waals surface area (Å²) in [5.74, 6) is 0.738. The molecule has 0 radical (unpaired) electrons. The summed E-state index contributed by atoms with van der Waals surface area (Å²) in [6, 6.07) is 11.3. The summed E-state index contributed by atoms with van der Waals surface area (Å²) in [7, 11) is 0. The van der Waals surface area contributed by atoms with Gasteiger partial charge in [-0.15, -0.1) is 0 Å². The van der Waals surface area contributed by atoms with E-state index in [1.54, 1.807) is 0 Å². The molecule has 1 N–H and O–H groups in total. The molecule has 3 aromatic rings. The summed E-state index contributed by atoms with van der Waals surface area (Å²) < 4.78 is 44.1. The predicted molar refractivity (Wildman–Crippen MR) is 104 cm³/mol. The second kappa shape index (κ2) is 7.81. The lowest BCUT2D eigenvalue weighted by Gasteiger charge is -2.22. The molecule has 1 atom stereocenters. The molecular weight excluding hydrogens is 397 g/mol. The van der Waals surface area contributed by atoms with Crippen LogP contribution in [-0.4, -0.2) is 27.6 Å². The lowest BCUT2D eigenvalue weighted by Crippen LogP contribution is -2.34. The van der Waals surface area contributed by atoms with Crippen LogP contribution in [0.3, 0.4) is 0 Å². The third kappa shape index (κ3) is 4.14. The number of amides is 2. The smallest absolute Gasteiger partial charge is 0.337 e. The molecule has 2 amide bonds. The number of benzene rings is 2.